The number of nitrogens with zero attached hydrogens (tertiary/aromatic N) is 1. The zero-order chi connectivity index (χ0) is 16.2. The number of fused-ring (bicyclic) bond motifs is 1. The molecule has 3 rings (SSSR count). The third-order valence-electron chi connectivity index (χ3n) is 3.39. The summed E-state index contributed by atoms with van der Waals surface area (Å²) in [6.07, 6.45) is 0. The molecule has 3 aromatic rings. The number of aromatic nitrogens is 1. The minimum absolute atomic E-state index is 0.0321. The van der Waals surface area contributed by atoms with Crippen LogP contribution in [0.2, 0.25) is 0 Å². The zero-order valence-corrected chi connectivity index (χ0v) is 14.9. The number of pyridine rings is 1. The molecule has 0 bridgehead atoms. The number of para-hydroxylation sites is 1. The first-order chi connectivity index (χ1) is 11.1. The van der Waals surface area contributed by atoms with Crippen LogP contribution in [0.4, 0.5) is 5.69 Å². The van der Waals surface area contributed by atoms with E-state index in [1.807, 2.05) is 61.5 Å². The number of hydrogen-bond donors (Lipinski definition) is 1. The molecule has 1 amide bonds. The van der Waals surface area contributed by atoms with Gasteiger partial charge in [-0.1, -0.05) is 52.0 Å². The lowest BCUT2D eigenvalue weighted by Crippen LogP contribution is -2.14. The van der Waals surface area contributed by atoms with Crippen LogP contribution in [0.1, 0.15) is 5.56 Å². The molecule has 5 heteroatoms. The van der Waals surface area contributed by atoms with Crippen molar-refractivity contribution in [3.05, 3.63) is 64.6 Å². The van der Waals surface area contributed by atoms with Crippen LogP contribution >= 0.6 is 27.7 Å². The van der Waals surface area contributed by atoms with Crippen molar-refractivity contribution < 1.29 is 4.79 Å². The first-order valence-corrected chi connectivity index (χ1v) is 8.94. The number of carbonyl (C=O) groups excluding carboxylic acids is 1. The molecule has 0 aliphatic rings. The minimum Gasteiger partial charge on any atom is -0.325 e. The van der Waals surface area contributed by atoms with Gasteiger partial charge in [-0.3, -0.25) is 4.79 Å². The molecule has 0 atom stereocenters. The largest absolute Gasteiger partial charge is 0.325 e. The Morgan fingerprint density at radius 3 is 2.83 bits per heavy atom. The molecule has 1 heterocycles. The molecule has 0 spiro atoms. The van der Waals surface area contributed by atoms with Crippen LogP contribution in [-0.2, 0) is 4.79 Å². The number of nitrogens with one attached hydrogen (secondary N) is 1. The van der Waals surface area contributed by atoms with Crippen molar-refractivity contribution in [1.29, 1.82) is 0 Å². The standard InChI is InChI=1S/C18H15BrN2OS/c1-12-10-14(19)7-8-15(12)20-17(22)11-23-18-9-6-13-4-2-3-5-16(13)21-18/h2-10H,11H2,1H3,(H,20,22). The van der Waals surface area contributed by atoms with Crippen molar-refractivity contribution in [3.63, 3.8) is 0 Å². The second-order valence-corrected chi connectivity index (χ2v) is 7.05. The van der Waals surface area contributed by atoms with Gasteiger partial charge in [-0.2, -0.15) is 0 Å². The Balaban J connectivity index is 1.63. The van der Waals surface area contributed by atoms with Crippen molar-refractivity contribution >= 4 is 50.2 Å². The number of thioether (sulfide) groups is 1. The molecule has 0 saturated heterocycles. The van der Waals surface area contributed by atoms with E-state index in [-0.39, 0.29) is 5.91 Å². The van der Waals surface area contributed by atoms with Gasteiger partial charge in [-0.15, -0.1) is 0 Å². The maximum atomic E-state index is 12.1. The van der Waals surface area contributed by atoms with Crippen LogP contribution < -0.4 is 5.32 Å². The van der Waals surface area contributed by atoms with Crippen LogP contribution in [0.25, 0.3) is 10.9 Å². The number of carbonyl (C=O) groups is 1. The lowest BCUT2D eigenvalue weighted by Gasteiger charge is -2.08. The summed E-state index contributed by atoms with van der Waals surface area (Å²) in [7, 11) is 0. The van der Waals surface area contributed by atoms with Gasteiger partial charge in [0.25, 0.3) is 0 Å². The highest BCUT2D eigenvalue weighted by Gasteiger charge is 2.07. The lowest BCUT2D eigenvalue weighted by atomic mass is 10.2. The van der Waals surface area contributed by atoms with Gasteiger partial charge in [0, 0.05) is 15.5 Å². The first-order valence-electron chi connectivity index (χ1n) is 7.16. The van der Waals surface area contributed by atoms with Crippen LogP contribution in [0.5, 0.6) is 0 Å². The predicted molar refractivity (Wildman–Crippen MR) is 100.0 cm³/mol. The van der Waals surface area contributed by atoms with E-state index in [2.05, 4.69) is 26.2 Å². The SMILES string of the molecule is Cc1cc(Br)ccc1NC(=O)CSc1ccc2ccccc2n1. The highest BCUT2D eigenvalue weighted by molar-refractivity contribution is 9.10. The van der Waals surface area contributed by atoms with Gasteiger partial charge in [-0.25, -0.2) is 4.98 Å². The summed E-state index contributed by atoms with van der Waals surface area (Å²) in [6, 6.07) is 17.7. The molecular weight excluding hydrogens is 372 g/mol. The highest BCUT2D eigenvalue weighted by Crippen LogP contribution is 2.22. The number of benzene rings is 2. The molecule has 2 aromatic carbocycles. The Bertz CT molecular complexity index is 867. The fourth-order valence-electron chi connectivity index (χ4n) is 2.22. The Morgan fingerprint density at radius 2 is 2.00 bits per heavy atom. The van der Waals surface area contributed by atoms with Crippen molar-refractivity contribution in [1.82, 2.24) is 4.98 Å². The Labute approximate surface area is 147 Å². The Morgan fingerprint density at radius 1 is 1.17 bits per heavy atom. The van der Waals surface area contributed by atoms with Gasteiger partial charge in [0.15, 0.2) is 0 Å². The Kier molecular flexibility index (Phi) is 4.98. The van der Waals surface area contributed by atoms with Crippen LogP contribution in [0, 0.1) is 6.92 Å². The fourth-order valence-corrected chi connectivity index (χ4v) is 3.37. The molecule has 0 unspecified atom stereocenters. The number of halogens is 1. The number of amides is 1. The molecular formula is C18H15BrN2OS. The molecule has 0 aliphatic carbocycles. The molecule has 116 valence electrons. The van der Waals surface area contributed by atoms with Gasteiger partial charge in [0.2, 0.25) is 5.91 Å². The lowest BCUT2D eigenvalue weighted by molar-refractivity contribution is -0.113. The molecule has 0 saturated carbocycles. The summed E-state index contributed by atoms with van der Waals surface area (Å²) in [5.41, 5.74) is 2.81. The third kappa shape index (κ3) is 4.12. The summed E-state index contributed by atoms with van der Waals surface area (Å²) in [5, 5.41) is 4.89. The number of anilines is 1. The second-order valence-electron chi connectivity index (χ2n) is 5.14. The second kappa shape index (κ2) is 7.15. The summed E-state index contributed by atoms with van der Waals surface area (Å²) in [6.45, 7) is 1.97. The molecule has 3 nitrogen and oxygen atoms in total. The summed E-state index contributed by atoms with van der Waals surface area (Å²) in [4.78, 5) is 16.7. The number of aryl methyl sites for hydroxylation is 1. The molecule has 0 aliphatic heterocycles. The third-order valence-corrected chi connectivity index (χ3v) is 4.81. The van der Waals surface area contributed by atoms with E-state index in [0.717, 1.165) is 31.7 Å². The van der Waals surface area contributed by atoms with E-state index in [1.165, 1.54) is 11.8 Å². The maximum absolute atomic E-state index is 12.1. The molecule has 0 radical (unpaired) electrons. The molecule has 1 N–H and O–H groups in total. The van der Waals surface area contributed by atoms with Crippen molar-refractivity contribution in [3.8, 4) is 0 Å². The van der Waals surface area contributed by atoms with Gasteiger partial charge in [0.05, 0.1) is 16.3 Å². The highest BCUT2D eigenvalue weighted by atomic mass is 79.9. The van der Waals surface area contributed by atoms with Gasteiger partial charge in [0.1, 0.15) is 0 Å². The molecule has 1 aromatic heterocycles. The van der Waals surface area contributed by atoms with E-state index >= 15 is 0 Å². The van der Waals surface area contributed by atoms with Gasteiger partial charge >= 0.3 is 0 Å². The monoisotopic (exact) mass is 386 g/mol. The summed E-state index contributed by atoms with van der Waals surface area (Å²) < 4.78 is 1.00. The van der Waals surface area contributed by atoms with Crippen LogP contribution in [0.3, 0.4) is 0 Å². The average Bonchev–Trinajstić information content (AvgIpc) is 2.55. The fraction of sp³-hybridized carbons (Fsp3) is 0.111. The van der Waals surface area contributed by atoms with Crippen LogP contribution in [-0.4, -0.2) is 16.6 Å². The number of rotatable bonds is 4. The number of hydrogen-bond acceptors (Lipinski definition) is 3. The van der Waals surface area contributed by atoms with Gasteiger partial charge < -0.3 is 5.32 Å². The summed E-state index contributed by atoms with van der Waals surface area (Å²) >= 11 is 4.86. The molecule has 0 fully saturated rings. The normalized spacial score (nSPS) is 10.7. The van der Waals surface area contributed by atoms with E-state index in [4.69, 9.17) is 0 Å². The van der Waals surface area contributed by atoms with Crippen molar-refractivity contribution in [2.75, 3.05) is 11.1 Å². The van der Waals surface area contributed by atoms with Crippen LogP contribution in [0.15, 0.2) is 64.1 Å². The minimum atomic E-state index is -0.0321. The average molecular weight is 387 g/mol. The first kappa shape index (κ1) is 16.0. The smallest absolute Gasteiger partial charge is 0.234 e. The van der Waals surface area contributed by atoms with Gasteiger partial charge in [-0.05, 0) is 42.8 Å². The van der Waals surface area contributed by atoms with E-state index in [9.17, 15) is 4.79 Å². The quantitative estimate of drug-likeness (QED) is 0.638. The maximum Gasteiger partial charge on any atom is 0.234 e. The summed E-state index contributed by atoms with van der Waals surface area (Å²) in [5.74, 6) is 0.302. The molecule has 23 heavy (non-hydrogen) atoms. The predicted octanol–water partition coefficient (Wildman–Crippen LogP) is 5.04. The zero-order valence-electron chi connectivity index (χ0n) is 12.5. The van der Waals surface area contributed by atoms with E-state index in [1.54, 1.807) is 0 Å². The van der Waals surface area contributed by atoms with Crippen molar-refractivity contribution in [2.24, 2.45) is 0 Å². The van der Waals surface area contributed by atoms with E-state index < -0.39 is 0 Å². The van der Waals surface area contributed by atoms with Crippen molar-refractivity contribution in [2.45, 2.75) is 11.9 Å². The topological polar surface area (TPSA) is 42.0 Å². The van der Waals surface area contributed by atoms with E-state index in [0.29, 0.717) is 5.75 Å². The Hall–Kier alpha value is -1.85.